The van der Waals surface area contributed by atoms with Crippen LogP contribution in [0.25, 0.3) is 27.8 Å². The molecule has 2 aromatic heterocycles. The molecule has 0 atom stereocenters. The molecule has 0 spiro atoms. The lowest BCUT2D eigenvalue weighted by atomic mass is 10.0. The molecule has 4 aromatic rings. The summed E-state index contributed by atoms with van der Waals surface area (Å²) in [7, 11) is 1.54. The Morgan fingerprint density at radius 1 is 1.06 bits per heavy atom. The van der Waals surface area contributed by atoms with Crippen molar-refractivity contribution in [3.63, 3.8) is 0 Å². The van der Waals surface area contributed by atoms with Crippen LogP contribution >= 0.6 is 0 Å². The Balaban J connectivity index is 1.55. The van der Waals surface area contributed by atoms with Crippen molar-refractivity contribution in [2.45, 2.75) is 32.8 Å². The molecule has 0 aliphatic rings. The quantitative estimate of drug-likeness (QED) is 0.450. The number of fused-ring (bicyclic) bond motifs is 1. The molecule has 0 saturated carbocycles. The number of ketones is 1. The lowest BCUT2D eigenvalue weighted by Gasteiger charge is -2.24. The molecule has 0 fully saturated rings. The average Bonchev–Trinajstić information content (AvgIpc) is 3.20. The Kier molecular flexibility index (Phi) is 6.55. The number of aromatic amines is 1. The zero-order valence-electron chi connectivity index (χ0n) is 20.2. The Morgan fingerprint density at radius 2 is 1.74 bits per heavy atom. The van der Waals surface area contributed by atoms with E-state index in [1.165, 1.54) is 11.2 Å². The molecule has 0 aliphatic carbocycles. The third-order valence-corrected chi connectivity index (χ3v) is 5.41. The normalized spacial score (nSPS) is 11.4. The number of benzene rings is 2. The molecule has 1 N–H and O–H groups in total. The molecule has 0 aliphatic heterocycles. The number of carbonyl (C=O) groups excluding carboxylic acids is 2. The molecule has 8 heteroatoms. The largest absolute Gasteiger partial charge is 0.444 e. The van der Waals surface area contributed by atoms with Gasteiger partial charge in [-0.3, -0.25) is 9.59 Å². The van der Waals surface area contributed by atoms with Crippen molar-refractivity contribution >= 4 is 22.9 Å². The van der Waals surface area contributed by atoms with Crippen molar-refractivity contribution < 1.29 is 14.3 Å². The number of H-pyrrole nitrogens is 1. The van der Waals surface area contributed by atoms with E-state index in [2.05, 4.69) is 9.97 Å². The maximum absolute atomic E-state index is 12.7. The highest BCUT2D eigenvalue weighted by Gasteiger charge is 2.21. The molecule has 2 heterocycles. The first-order valence-corrected chi connectivity index (χ1v) is 11.3. The number of aromatic nitrogens is 3. The second kappa shape index (κ2) is 9.58. The minimum atomic E-state index is -0.620. The molecule has 35 heavy (non-hydrogen) atoms. The third kappa shape index (κ3) is 5.48. The van der Waals surface area contributed by atoms with E-state index < -0.39 is 11.7 Å². The summed E-state index contributed by atoms with van der Waals surface area (Å²) in [5.41, 5.74) is 3.04. The molecule has 0 saturated heterocycles. The van der Waals surface area contributed by atoms with Gasteiger partial charge in [0.25, 0.3) is 5.56 Å². The van der Waals surface area contributed by atoms with E-state index in [9.17, 15) is 14.4 Å². The number of amides is 1. The molecule has 2 aromatic carbocycles. The second-order valence-electron chi connectivity index (χ2n) is 9.43. The monoisotopic (exact) mass is 472 g/mol. The second-order valence-corrected chi connectivity index (χ2v) is 9.43. The fraction of sp³-hybridized carbons (Fsp3) is 0.259. The molecular weight excluding hydrogens is 444 g/mol. The smallest absolute Gasteiger partial charge is 0.410 e. The van der Waals surface area contributed by atoms with Gasteiger partial charge in [0, 0.05) is 30.9 Å². The van der Waals surface area contributed by atoms with Gasteiger partial charge in [-0.05, 0) is 44.0 Å². The maximum atomic E-state index is 12.7. The van der Waals surface area contributed by atoms with Crippen LogP contribution in [0.2, 0.25) is 0 Å². The van der Waals surface area contributed by atoms with Crippen molar-refractivity contribution in [3.05, 3.63) is 83.0 Å². The predicted molar refractivity (Wildman–Crippen MR) is 135 cm³/mol. The number of hydrogen-bond donors (Lipinski definition) is 1. The van der Waals surface area contributed by atoms with E-state index in [0.717, 1.165) is 22.4 Å². The van der Waals surface area contributed by atoms with Crippen LogP contribution in [0.1, 0.15) is 26.3 Å². The fourth-order valence-electron chi connectivity index (χ4n) is 3.83. The van der Waals surface area contributed by atoms with Crippen molar-refractivity contribution in [3.8, 4) is 16.8 Å². The van der Waals surface area contributed by atoms with E-state index in [1.807, 2.05) is 65.4 Å². The van der Waals surface area contributed by atoms with E-state index in [1.54, 1.807) is 27.8 Å². The Hall–Kier alpha value is -4.20. The lowest BCUT2D eigenvalue weighted by Crippen LogP contribution is -2.37. The number of para-hydroxylation sites is 1. The first-order chi connectivity index (χ1) is 16.6. The van der Waals surface area contributed by atoms with Gasteiger partial charge in [-0.1, -0.05) is 42.5 Å². The third-order valence-electron chi connectivity index (χ3n) is 5.41. The van der Waals surface area contributed by atoms with Crippen LogP contribution in [-0.4, -0.2) is 50.5 Å². The number of nitrogens with zero attached hydrogens (tertiary/aromatic N) is 3. The van der Waals surface area contributed by atoms with Crippen molar-refractivity contribution in [1.29, 1.82) is 0 Å². The first kappa shape index (κ1) is 23.9. The molecule has 4 rings (SSSR count). The zero-order valence-corrected chi connectivity index (χ0v) is 20.2. The van der Waals surface area contributed by atoms with Gasteiger partial charge in [-0.25, -0.2) is 9.78 Å². The summed E-state index contributed by atoms with van der Waals surface area (Å²) < 4.78 is 7.19. The Bertz CT molecular complexity index is 1410. The SMILES string of the molecule is CN(CC(=O)Cc1ccc(-c2cn(-c3ccccc3)c3nc[nH]c(=O)c23)cc1)C(=O)OC(C)(C)C. The number of Topliss-reactive ketones (excluding diaryl/α,β-unsaturated/α-hetero) is 1. The highest BCUT2D eigenvalue weighted by molar-refractivity contribution is 5.94. The molecule has 0 radical (unpaired) electrons. The van der Waals surface area contributed by atoms with Crippen LogP contribution in [0.4, 0.5) is 4.79 Å². The topological polar surface area (TPSA) is 97.3 Å². The van der Waals surface area contributed by atoms with Crippen LogP contribution in [0.3, 0.4) is 0 Å². The number of rotatable bonds is 6. The molecule has 180 valence electrons. The minimum Gasteiger partial charge on any atom is -0.444 e. The molecule has 0 bridgehead atoms. The Morgan fingerprint density at radius 3 is 2.40 bits per heavy atom. The van der Waals surface area contributed by atoms with Gasteiger partial charge in [-0.15, -0.1) is 0 Å². The summed E-state index contributed by atoms with van der Waals surface area (Å²) in [5, 5.41) is 0.499. The summed E-state index contributed by atoms with van der Waals surface area (Å²) in [6.07, 6.45) is 2.95. The lowest BCUT2D eigenvalue weighted by molar-refractivity contribution is -0.119. The summed E-state index contributed by atoms with van der Waals surface area (Å²) in [4.78, 5) is 45.6. The summed E-state index contributed by atoms with van der Waals surface area (Å²) in [5.74, 6) is -0.104. The average molecular weight is 473 g/mol. The van der Waals surface area contributed by atoms with Crippen LogP contribution in [0.15, 0.2) is 71.9 Å². The van der Waals surface area contributed by atoms with E-state index in [-0.39, 0.29) is 24.3 Å². The molecule has 1 amide bonds. The summed E-state index contributed by atoms with van der Waals surface area (Å²) in [6, 6.07) is 17.2. The minimum absolute atomic E-state index is 0.0394. The van der Waals surface area contributed by atoms with Crippen LogP contribution < -0.4 is 5.56 Å². The van der Waals surface area contributed by atoms with Gasteiger partial charge in [0.05, 0.1) is 18.3 Å². The van der Waals surface area contributed by atoms with Gasteiger partial charge in [0.15, 0.2) is 11.4 Å². The van der Waals surface area contributed by atoms with Crippen molar-refractivity contribution in [2.24, 2.45) is 0 Å². The Labute approximate surface area is 203 Å². The van der Waals surface area contributed by atoms with E-state index in [0.29, 0.717) is 11.0 Å². The van der Waals surface area contributed by atoms with E-state index >= 15 is 0 Å². The van der Waals surface area contributed by atoms with Gasteiger partial charge in [0.2, 0.25) is 0 Å². The standard InChI is InChI=1S/C27H28N4O4/c1-27(2,3)35-26(34)30(4)15-21(32)14-18-10-12-19(13-11-18)22-16-31(20-8-6-5-7-9-20)24-23(22)25(33)29-17-28-24/h5-13,16-17H,14-15H2,1-4H3,(H,28,29,33). The van der Waals surface area contributed by atoms with Gasteiger partial charge >= 0.3 is 6.09 Å². The fourth-order valence-corrected chi connectivity index (χ4v) is 3.83. The van der Waals surface area contributed by atoms with Crippen molar-refractivity contribution in [1.82, 2.24) is 19.4 Å². The molecular formula is C27H28N4O4. The van der Waals surface area contributed by atoms with Crippen LogP contribution in [-0.2, 0) is 16.0 Å². The summed E-state index contributed by atoms with van der Waals surface area (Å²) >= 11 is 0. The number of nitrogens with one attached hydrogen (secondary N) is 1. The number of ether oxygens (including phenoxy) is 1. The van der Waals surface area contributed by atoms with Crippen LogP contribution in [0, 0.1) is 0 Å². The highest BCUT2D eigenvalue weighted by Crippen LogP contribution is 2.29. The zero-order chi connectivity index (χ0) is 25.2. The van der Waals surface area contributed by atoms with Crippen LogP contribution in [0.5, 0.6) is 0 Å². The highest BCUT2D eigenvalue weighted by atomic mass is 16.6. The van der Waals surface area contributed by atoms with Gasteiger partial charge in [0.1, 0.15) is 5.60 Å². The number of likely N-dealkylation sites (N-methyl/N-ethyl adjacent to an activating group) is 1. The first-order valence-electron chi connectivity index (χ1n) is 11.3. The molecule has 8 nitrogen and oxygen atoms in total. The van der Waals surface area contributed by atoms with Crippen molar-refractivity contribution in [2.75, 3.05) is 13.6 Å². The van der Waals surface area contributed by atoms with Gasteiger partial charge < -0.3 is 19.2 Å². The number of hydrogen-bond acceptors (Lipinski definition) is 5. The molecule has 0 unspecified atom stereocenters. The predicted octanol–water partition coefficient (Wildman–Crippen LogP) is 4.36. The summed E-state index contributed by atoms with van der Waals surface area (Å²) in [6.45, 7) is 5.30. The number of carbonyl (C=O) groups is 2. The maximum Gasteiger partial charge on any atom is 0.410 e. The van der Waals surface area contributed by atoms with E-state index in [4.69, 9.17) is 4.74 Å². The van der Waals surface area contributed by atoms with Gasteiger partial charge in [-0.2, -0.15) is 0 Å².